The number of hydrogen-bond acceptors (Lipinski definition) is 6. The first-order valence-electron chi connectivity index (χ1n) is 8.94. The minimum Gasteiger partial charge on any atom is -0.338 e. The van der Waals surface area contributed by atoms with Crippen LogP contribution in [-0.2, 0) is 9.84 Å². The number of aromatic nitrogens is 4. The summed E-state index contributed by atoms with van der Waals surface area (Å²) in [6.07, 6.45) is 1.83. The van der Waals surface area contributed by atoms with Gasteiger partial charge < -0.3 is 4.90 Å². The predicted octanol–water partition coefficient (Wildman–Crippen LogP) is 1.66. The summed E-state index contributed by atoms with van der Waals surface area (Å²) in [7, 11) is -3.33. The molecule has 1 fully saturated rings. The van der Waals surface area contributed by atoms with Gasteiger partial charge in [0.1, 0.15) is 6.33 Å². The second-order valence-corrected chi connectivity index (χ2v) is 8.95. The molecule has 0 aliphatic carbocycles. The molecule has 1 amide bonds. The quantitative estimate of drug-likeness (QED) is 0.667. The molecule has 1 aromatic heterocycles. The smallest absolute Gasteiger partial charge is 0.253 e. The molecule has 1 saturated heterocycles. The van der Waals surface area contributed by atoms with Crippen LogP contribution in [0.3, 0.4) is 0 Å². The molecule has 9 heteroatoms. The summed E-state index contributed by atoms with van der Waals surface area (Å²) in [5, 5.41) is 10.4. The third-order valence-electron chi connectivity index (χ3n) is 4.91. The standard InChI is InChI=1S/C19H19N5O3S/c25-19(16-7-4-8-17(13-16)24-14-20-21-22-24)23-10-9-18(28(26,27)12-11-23)15-5-2-1-3-6-15/h1-8,13-14,18H,9-12H2. The number of tetrazole rings is 1. The van der Waals surface area contributed by atoms with Gasteiger partial charge in [-0.2, -0.15) is 0 Å². The average Bonchev–Trinajstić information content (AvgIpc) is 3.20. The van der Waals surface area contributed by atoms with E-state index in [4.69, 9.17) is 0 Å². The van der Waals surface area contributed by atoms with E-state index >= 15 is 0 Å². The van der Waals surface area contributed by atoms with Crippen LogP contribution in [-0.4, -0.2) is 58.3 Å². The van der Waals surface area contributed by atoms with E-state index in [1.54, 1.807) is 29.2 Å². The summed E-state index contributed by atoms with van der Waals surface area (Å²) in [4.78, 5) is 14.6. The van der Waals surface area contributed by atoms with Crippen molar-refractivity contribution in [1.82, 2.24) is 25.1 Å². The summed E-state index contributed by atoms with van der Waals surface area (Å²) in [6.45, 7) is 0.562. The maximum absolute atomic E-state index is 13.0. The maximum atomic E-state index is 13.0. The van der Waals surface area contributed by atoms with E-state index in [9.17, 15) is 13.2 Å². The van der Waals surface area contributed by atoms with Gasteiger partial charge in [0.05, 0.1) is 16.7 Å². The Morgan fingerprint density at radius 1 is 1.04 bits per heavy atom. The van der Waals surface area contributed by atoms with Gasteiger partial charge in [-0.25, -0.2) is 13.1 Å². The summed E-state index contributed by atoms with van der Waals surface area (Å²) < 4.78 is 27.0. The Morgan fingerprint density at radius 2 is 1.86 bits per heavy atom. The van der Waals surface area contributed by atoms with Crippen LogP contribution in [0.15, 0.2) is 60.9 Å². The monoisotopic (exact) mass is 397 g/mol. The van der Waals surface area contributed by atoms with E-state index in [2.05, 4.69) is 15.5 Å². The molecule has 1 unspecified atom stereocenters. The molecule has 0 bridgehead atoms. The van der Waals surface area contributed by atoms with Crippen molar-refractivity contribution in [3.63, 3.8) is 0 Å². The van der Waals surface area contributed by atoms with Crippen molar-refractivity contribution in [3.8, 4) is 5.69 Å². The van der Waals surface area contributed by atoms with Crippen LogP contribution in [0.2, 0.25) is 0 Å². The molecule has 3 aromatic rings. The van der Waals surface area contributed by atoms with E-state index in [0.717, 1.165) is 5.56 Å². The molecule has 144 valence electrons. The van der Waals surface area contributed by atoms with E-state index < -0.39 is 15.1 Å². The number of rotatable bonds is 3. The zero-order chi connectivity index (χ0) is 19.6. The lowest BCUT2D eigenvalue weighted by Crippen LogP contribution is -2.33. The number of amides is 1. The first kappa shape index (κ1) is 18.3. The average molecular weight is 397 g/mol. The number of carbonyl (C=O) groups is 1. The van der Waals surface area contributed by atoms with Gasteiger partial charge in [0, 0.05) is 18.7 Å². The number of hydrogen-bond donors (Lipinski definition) is 0. The highest BCUT2D eigenvalue weighted by atomic mass is 32.2. The highest BCUT2D eigenvalue weighted by Gasteiger charge is 2.32. The molecule has 0 spiro atoms. The molecule has 1 atom stereocenters. The van der Waals surface area contributed by atoms with Crippen LogP contribution < -0.4 is 0 Å². The molecular weight excluding hydrogens is 378 g/mol. The zero-order valence-corrected chi connectivity index (χ0v) is 15.9. The predicted molar refractivity (Wildman–Crippen MR) is 103 cm³/mol. The van der Waals surface area contributed by atoms with Crippen LogP contribution in [0.25, 0.3) is 5.69 Å². The van der Waals surface area contributed by atoms with Crippen molar-refractivity contribution < 1.29 is 13.2 Å². The highest BCUT2D eigenvalue weighted by Crippen LogP contribution is 2.29. The number of nitrogens with zero attached hydrogens (tertiary/aromatic N) is 5. The first-order valence-corrected chi connectivity index (χ1v) is 10.7. The zero-order valence-electron chi connectivity index (χ0n) is 15.0. The first-order chi connectivity index (χ1) is 13.5. The van der Waals surface area contributed by atoms with Gasteiger partial charge in [-0.3, -0.25) is 4.79 Å². The van der Waals surface area contributed by atoms with Crippen molar-refractivity contribution in [2.75, 3.05) is 18.8 Å². The van der Waals surface area contributed by atoms with Crippen LogP contribution in [0.4, 0.5) is 0 Å². The minimum atomic E-state index is -3.33. The van der Waals surface area contributed by atoms with Gasteiger partial charge in [-0.15, -0.1) is 5.10 Å². The van der Waals surface area contributed by atoms with E-state index in [-0.39, 0.29) is 18.2 Å². The van der Waals surface area contributed by atoms with Crippen LogP contribution in [0.5, 0.6) is 0 Å². The summed E-state index contributed by atoms with van der Waals surface area (Å²) in [5.41, 5.74) is 1.92. The van der Waals surface area contributed by atoms with Gasteiger partial charge in [-0.05, 0) is 40.6 Å². The second-order valence-electron chi connectivity index (χ2n) is 6.65. The molecule has 28 heavy (non-hydrogen) atoms. The molecule has 2 aromatic carbocycles. The van der Waals surface area contributed by atoms with Gasteiger partial charge in [0.25, 0.3) is 5.91 Å². The highest BCUT2D eigenvalue weighted by molar-refractivity contribution is 7.91. The normalized spacial score (nSPS) is 19.1. The molecule has 0 N–H and O–H groups in total. The van der Waals surface area contributed by atoms with E-state index in [1.165, 1.54) is 11.0 Å². The van der Waals surface area contributed by atoms with Crippen LogP contribution >= 0.6 is 0 Å². The summed E-state index contributed by atoms with van der Waals surface area (Å²) in [5.74, 6) is -0.246. The van der Waals surface area contributed by atoms with Crippen LogP contribution in [0.1, 0.15) is 27.6 Å². The molecule has 0 radical (unpaired) electrons. The number of carbonyl (C=O) groups excluding carboxylic acids is 1. The van der Waals surface area contributed by atoms with Gasteiger partial charge in [-0.1, -0.05) is 36.4 Å². The Kier molecular flexibility index (Phi) is 4.91. The fourth-order valence-electron chi connectivity index (χ4n) is 3.43. The SMILES string of the molecule is O=C(c1cccc(-n2cnnn2)c1)N1CCC(c2ccccc2)S(=O)(=O)CC1. The van der Waals surface area contributed by atoms with Gasteiger partial charge in [0.2, 0.25) is 0 Å². The Hall–Kier alpha value is -3.07. The number of benzene rings is 2. The largest absolute Gasteiger partial charge is 0.338 e. The van der Waals surface area contributed by atoms with E-state index in [1.807, 2.05) is 30.3 Å². The molecule has 2 heterocycles. The summed E-state index contributed by atoms with van der Waals surface area (Å²) in [6, 6.07) is 16.2. The molecule has 1 aliphatic heterocycles. The fourth-order valence-corrected chi connectivity index (χ4v) is 5.23. The molecule has 4 rings (SSSR count). The van der Waals surface area contributed by atoms with Crippen molar-refractivity contribution in [1.29, 1.82) is 0 Å². The number of sulfone groups is 1. The Balaban J connectivity index is 1.56. The second kappa shape index (κ2) is 7.51. The molecular formula is C19H19N5O3S. The molecule has 0 saturated carbocycles. The lowest BCUT2D eigenvalue weighted by atomic mass is 10.1. The van der Waals surface area contributed by atoms with Gasteiger partial charge in [0.15, 0.2) is 9.84 Å². The lowest BCUT2D eigenvalue weighted by molar-refractivity contribution is 0.0766. The van der Waals surface area contributed by atoms with E-state index in [0.29, 0.717) is 24.2 Å². The van der Waals surface area contributed by atoms with Crippen LogP contribution in [0, 0.1) is 0 Å². The lowest BCUT2D eigenvalue weighted by Gasteiger charge is -2.20. The third-order valence-corrected chi connectivity index (χ3v) is 7.03. The Bertz CT molecular complexity index is 1070. The van der Waals surface area contributed by atoms with Crippen molar-refractivity contribution in [2.45, 2.75) is 11.7 Å². The summed E-state index contributed by atoms with van der Waals surface area (Å²) >= 11 is 0. The Morgan fingerprint density at radius 3 is 2.61 bits per heavy atom. The Labute approximate surface area is 162 Å². The minimum absolute atomic E-state index is 0.0506. The topological polar surface area (TPSA) is 98.1 Å². The maximum Gasteiger partial charge on any atom is 0.253 e. The van der Waals surface area contributed by atoms with Crippen molar-refractivity contribution in [3.05, 3.63) is 72.1 Å². The molecule has 8 nitrogen and oxygen atoms in total. The molecule has 1 aliphatic rings. The fraction of sp³-hybridized carbons (Fsp3) is 0.263. The third kappa shape index (κ3) is 3.65. The van der Waals surface area contributed by atoms with Crippen molar-refractivity contribution >= 4 is 15.7 Å². The van der Waals surface area contributed by atoms with Gasteiger partial charge >= 0.3 is 0 Å². The van der Waals surface area contributed by atoms with Crippen molar-refractivity contribution in [2.24, 2.45) is 0 Å².